The second-order valence-corrected chi connectivity index (χ2v) is 3.07. The van der Waals surface area contributed by atoms with E-state index >= 15 is 0 Å². The molecule has 88 valence electrons. The number of nitrogens with one attached hydrogen (secondary N) is 1. The Morgan fingerprint density at radius 1 is 1.00 bits per heavy atom. The molecule has 2 rings (SSSR count). The van der Waals surface area contributed by atoms with Crippen LogP contribution in [0.4, 0.5) is 5.69 Å². The van der Waals surface area contributed by atoms with Gasteiger partial charge >= 0.3 is 0 Å². The summed E-state index contributed by atoms with van der Waals surface area (Å²) in [5.74, 6) is 0. The molecule has 0 radical (unpaired) electrons. The third-order valence-electron chi connectivity index (χ3n) is 2.20. The Morgan fingerprint density at radius 3 is 2.31 bits per heavy atom. The van der Waals surface area contributed by atoms with Gasteiger partial charge in [-0.1, -0.05) is 23.8 Å². The summed E-state index contributed by atoms with van der Waals surface area (Å²) in [5.41, 5.74) is 3.45. The van der Waals surface area contributed by atoms with Crippen LogP contribution in [-0.4, -0.2) is 7.05 Å². The maximum absolute atomic E-state index is 3.22. The fourth-order valence-corrected chi connectivity index (χ4v) is 1.50. The average molecular weight is 323 g/mol. The van der Waals surface area contributed by atoms with Gasteiger partial charge in [0.1, 0.15) is 0 Å². The van der Waals surface area contributed by atoms with Gasteiger partial charge in [0.15, 0.2) is 0 Å². The minimum absolute atomic E-state index is 0. The van der Waals surface area contributed by atoms with E-state index in [9.17, 15) is 0 Å². The second kappa shape index (κ2) is 7.58. The van der Waals surface area contributed by atoms with Gasteiger partial charge in [0.25, 0.3) is 0 Å². The van der Waals surface area contributed by atoms with Crippen molar-refractivity contribution in [1.82, 2.24) is 0 Å². The van der Waals surface area contributed by atoms with Crippen LogP contribution in [0.25, 0.3) is 11.1 Å². The van der Waals surface area contributed by atoms with Gasteiger partial charge in [-0.15, -0.1) is 35.9 Å². The summed E-state index contributed by atoms with van der Waals surface area (Å²) < 4.78 is 0. The standard InChI is InChI=1S/C13H12N.H3P.Pd/c1-14-13-10-6-5-9-12(13)11-7-3-2-4-8-11;;/h2-7,9-10,14H,1H3;1H3;/q-1;;. The molecule has 0 aromatic heterocycles. The SMILES string of the molecule is CNc1ccccc1-c1[c-]cccc1.P.[Pd]. The number of rotatable bonds is 2. The molecule has 0 saturated carbocycles. The van der Waals surface area contributed by atoms with E-state index < -0.39 is 0 Å². The molecule has 3 heteroatoms. The maximum atomic E-state index is 3.22. The molecule has 2 aromatic carbocycles. The van der Waals surface area contributed by atoms with E-state index in [0.717, 1.165) is 11.3 Å². The molecule has 0 aliphatic rings. The van der Waals surface area contributed by atoms with Crippen molar-refractivity contribution in [1.29, 1.82) is 0 Å². The number of para-hydroxylation sites is 1. The van der Waals surface area contributed by atoms with Crippen molar-refractivity contribution in [2.45, 2.75) is 0 Å². The monoisotopic (exact) mass is 322 g/mol. The zero-order valence-electron chi connectivity index (χ0n) is 9.14. The molecular weight excluding hydrogens is 308 g/mol. The first-order valence-electron chi connectivity index (χ1n) is 4.65. The number of anilines is 1. The Hall–Kier alpha value is -0.668. The predicted molar refractivity (Wildman–Crippen MR) is 71.4 cm³/mol. The van der Waals surface area contributed by atoms with Gasteiger partial charge < -0.3 is 5.32 Å². The van der Waals surface area contributed by atoms with Gasteiger partial charge in [0, 0.05) is 27.5 Å². The van der Waals surface area contributed by atoms with Gasteiger partial charge in [0.05, 0.1) is 0 Å². The zero-order chi connectivity index (χ0) is 9.80. The van der Waals surface area contributed by atoms with Crippen LogP contribution >= 0.6 is 9.90 Å². The Bertz CT molecular complexity index is 417. The summed E-state index contributed by atoms with van der Waals surface area (Å²) in [4.78, 5) is 0. The quantitative estimate of drug-likeness (QED) is 0.508. The molecule has 0 fully saturated rings. The summed E-state index contributed by atoms with van der Waals surface area (Å²) in [6.45, 7) is 0. The summed E-state index contributed by atoms with van der Waals surface area (Å²) in [6.07, 6.45) is 0. The van der Waals surface area contributed by atoms with E-state index in [4.69, 9.17) is 0 Å². The third-order valence-corrected chi connectivity index (χ3v) is 2.20. The topological polar surface area (TPSA) is 12.0 Å². The van der Waals surface area contributed by atoms with E-state index in [0.29, 0.717) is 0 Å². The molecule has 1 nitrogen and oxygen atoms in total. The first-order valence-corrected chi connectivity index (χ1v) is 4.65. The Morgan fingerprint density at radius 2 is 1.69 bits per heavy atom. The van der Waals surface area contributed by atoms with Crippen LogP contribution in [0.2, 0.25) is 0 Å². The average Bonchev–Trinajstić information content (AvgIpc) is 2.30. The van der Waals surface area contributed by atoms with Crippen LogP contribution in [0.1, 0.15) is 0 Å². The summed E-state index contributed by atoms with van der Waals surface area (Å²) in [6, 6.07) is 19.4. The molecule has 0 aliphatic carbocycles. The minimum atomic E-state index is 0. The van der Waals surface area contributed by atoms with Gasteiger partial charge in [-0.2, -0.15) is 9.90 Å². The van der Waals surface area contributed by atoms with Crippen molar-refractivity contribution in [3.8, 4) is 11.1 Å². The van der Waals surface area contributed by atoms with Crippen molar-refractivity contribution in [3.63, 3.8) is 0 Å². The second-order valence-electron chi connectivity index (χ2n) is 3.07. The molecule has 2 aromatic rings. The summed E-state index contributed by atoms with van der Waals surface area (Å²) >= 11 is 0. The van der Waals surface area contributed by atoms with E-state index in [-0.39, 0.29) is 30.3 Å². The molecule has 0 bridgehead atoms. The fourth-order valence-electron chi connectivity index (χ4n) is 1.50. The van der Waals surface area contributed by atoms with Gasteiger partial charge in [0.2, 0.25) is 0 Å². The first kappa shape index (κ1) is 15.3. The van der Waals surface area contributed by atoms with E-state index in [1.54, 1.807) is 0 Å². The molecule has 1 unspecified atom stereocenters. The molecule has 0 aliphatic heterocycles. The first-order chi connectivity index (χ1) is 6.92. The van der Waals surface area contributed by atoms with Crippen molar-refractivity contribution in [2.75, 3.05) is 12.4 Å². The minimum Gasteiger partial charge on any atom is -0.395 e. The number of hydrogen-bond acceptors (Lipinski definition) is 1. The van der Waals surface area contributed by atoms with Crippen LogP contribution in [-0.2, 0) is 20.4 Å². The summed E-state index contributed by atoms with van der Waals surface area (Å²) in [7, 11) is 1.93. The van der Waals surface area contributed by atoms with E-state index in [1.165, 1.54) is 5.56 Å². The predicted octanol–water partition coefficient (Wildman–Crippen LogP) is 3.25. The Kier molecular flexibility index (Phi) is 7.26. The maximum Gasteiger partial charge on any atom is 0.00260 e. The number of hydrogen-bond donors (Lipinski definition) is 1. The van der Waals surface area contributed by atoms with Crippen molar-refractivity contribution in [3.05, 3.63) is 54.6 Å². The van der Waals surface area contributed by atoms with Crippen molar-refractivity contribution < 1.29 is 20.4 Å². The van der Waals surface area contributed by atoms with Crippen molar-refractivity contribution >= 4 is 15.6 Å². The molecular formula is C13H15NPPd-. The molecule has 1 N–H and O–H groups in total. The molecule has 0 spiro atoms. The molecule has 1 atom stereocenters. The zero-order valence-corrected chi connectivity index (χ0v) is 12.1. The normalized spacial score (nSPS) is 8.56. The van der Waals surface area contributed by atoms with Gasteiger partial charge in [-0.3, -0.25) is 0 Å². The molecule has 16 heavy (non-hydrogen) atoms. The van der Waals surface area contributed by atoms with E-state index in [1.807, 2.05) is 37.4 Å². The largest absolute Gasteiger partial charge is 0.395 e. The number of benzene rings is 2. The molecule has 0 heterocycles. The van der Waals surface area contributed by atoms with Crippen molar-refractivity contribution in [2.24, 2.45) is 0 Å². The summed E-state index contributed by atoms with van der Waals surface area (Å²) in [5, 5.41) is 3.17. The van der Waals surface area contributed by atoms with Crippen LogP contribution < -0.4 is 5.32 Å². The van der Waals surface area contributed by atoms with E-state index in [2.05, 4.69) is 29.6 Å². The van der Waals surface area contributed by atoms with Crippen LogP contribution in [0, 0.1) is 6.07 Å². The van der Waals surface area contributed by atoms with Crippen LogP contribution in [0.3, 0.4) is 0 Å². The van der Waals surface area contributed by atoms with Gasteiger partial charge in [-0.05, 0) is 11.8 Å². The smallest absolute Gasteiger partial charge is 0.00260 e. The van der Waals surface area contributed by atoms with Crippen LogP contribution in [0.15, 0.2) is 48.5 Å². The third kappa shape index (κ3) is 3.42. The van der Waals surface area contributed by atoms with Crippen LogP contribution in [0.5, 0.6) is 0 Å². The Balaban J connectivity index is 0.00000112. The van der Waals surface area contributed by atoms with Gasteiger partial charge in [-0.25, -0.2) is 0 Å². The Labute approximate surface area is 114 Å². The molecule has 0 saturated heterocycles. The molecule has 0 amide bonds. The fraction of sp³-hybridized carbons (Fsp3) is 0.0769.